The van der Waals surface area contributed by atoms with E-state index in [0.717, 1.165) is 22.0 Å². The van der Waals surface area contributed by atoms with E-state index in [4.69, 9.17) is 11.6 Å². The van der Waals surface area contributed by atoms with Crippen molar-refractivity contribution in [3.8, 4) is 11.1 Å². The van der Waals surface area contributed by atoms with E-state index in [1.807, 2.05) is 60.7 Å². The minimum Gasteiger partial charge on any atom is -0.338 e. The first-order valence-corrected chi connectivity index (χ1v) is 10.5. The minimum atomic E-state index is -0.387. The van der Waals surface area contributed by atoms with Crippen LogP contribution in [0.5, 0.6) is 0 Å². The van der Waals surface area contributed by atoms with Gasteiger partial charge in [-0.05, 0) is 42.0 Å². The molecular formula is C26H18ClN3O2. The number of aromatic nitrogens is 3. The topological polar surface area (TPSA) is 67.8 Å². The summed E-state index contributed by atoms with van der Waals surface area (Å²) in [5.41, 5.74) is 3.47. The van der Waals surface area contributed by atoms with Gasteiger partial charge in [0.25, 0.3) is 5.56 Å². The number of carbonyl (C=O) groups excluding carboxylic acids is 1. The van der Waals surface area contributed by atoms with Crippen molar-refractivity contribution >= 4 is 45.4 Å². The molecule has 0 fully saturated rings. The number of pyridine rings is 1. The second kappa shape index (κ2) is 7.94. The van der Waals surface area contributed by atoms with Crippen molar-refractivity contribution in [1.82, 2.24) is 14.5 Å². The maximum atomic E-state index is 13.3. The Kier molecular flexibility index (Phi) is 4.96. The van der Waals surface area contributed by atoms with Gasteiger partial charge in [0.15, 0.2) is 5.78 Å². The van der Waals surface area contributed by atoms with Crippen LogP contribution in [0.25, 0.3) is 39.1 Å². The van der Waals surface area contributed by atoms with E-state index in [1.165, 1.54) is 10.6 Å². The lowest BCUT2D eigenvalue weighted by Crippen LogP contribution is -2.25. The van der Waals surface area contributed by atoms with E-state index in [2.05, 4.69) is 9.97 Å². The molecule has 0 radical (unpaired) electrons. The number of imidazole rings is 1. The number of nitrogens with zero attached hydrogens (tertiary/aromatic N) is 2. The Bertz CT molecular complexity index is 1550. The lowest BCUT2D eigenvalue weighted by atomic mass is 9.93. The van der Waals surface area contributed by atoms with Gasteiger partial charge in [-0.25, -0.2) is 4.98 Å². The molecule has 0 bridgehead atoms. The second-order valence-electron chi connectivity index (χ2n) is 7.48. The number of allylic oxidation sites excluding steroid dienone is 1. The number of aryl methyl sites for hydroxylation is 1. The molecular weight excluding hydrogens is 422 g/mol. The van der Waals surface area contributed by atoms with Crippen LogP contribution < -0.4 is 5.56 Å². The minimum absolute atomic E-state index is 0.112. The van der Waals surface area contributed by atoms with Gasteiger partial charge < -0.3 is 9.55 Å². The first kappa shape index (κ1) is 20.0. The Balaban J connectivity index is 1.70. The highest BCUT2D eigenvalue weighted by Crippen LogP contribution is 2.32. The fraction of sp³-hybridized carbons (Fsp3) is 0.0385. The number of nitrogens with one attached hydrogen (secondary N) is 1. The number of hydrogen-bond donors (Lipinski definition) is 1. The Morgan fingerprint density at radius 1 is 1.03 bits per heavy atom. The van der Waals surface area contributed by atoms with Crippen molar-refractivity contribution in [3.05, 3.63) is 106 Å². The van der Waals surface area contributed by atoms with Crippen LogP contribution in [0.3, 0.4) is 0 Å². The number of aromatic amines is 1. The number of hydrogen-bond acceptors (Lipinski definition) is 3. The molecule has 6 heteroatoms. The normalized spacial score (nSPS) is 11.6. The Labute approximate surface area is 188 Å². The number of ketones is 1. The highest BCUT2D eigenvalue weighted by molar-refractivity contribution is 6.31. The molecule has 32 heavy (non-hydrogen) atoms. The van der Waals surface area contributed by atoms with E-state index in [9.17, 15) is 9.59 Å². The number of benzene rings is 3. The third kappa shape index (κ3) is 3.43. The summed E-state index contributed by atoms with van der Waals surface area (Å²) in [6, 6.07) is 22.4. The maximum Gasteiger partial charge on any atom is 0.262 e. The third-order valence-corrected chi connectivity index (χ3v) is 5.70. The lowest BCUT2D eigenvalue weighted by molar-refractivity contribution is 0.104. The SMILES string of the molecule is Cn1c(=O)c(C(=O)C=Cc2nc3ccccc3[nH]2)c(-c2ccccc2)c2ccc(Cl)cc21. The Hall–Kier alpha value is -3.96. The van der Waals surface area contributed by atoms with Crippen LogP contribution in [-0.2, 0) is 7.05 Å². The number of halogens is 1. The summed E-state index contributed by atoms with van der Waals surface area (Å²) in [5, 5.41) is 1.30. The molecule has 0 saturated heterocycles. The molecule has 1 N–H and O–H groups in total. The molecule has 156 valence electrons. The van der Waals surface area contributed by atoms with Gasteiger partial charge in [0, 0.05) is 23.0 Å². The predicted octanol–water partition coefficient (Wildman–Crippen LogP) is 5.63. The first-order chi connectivity index (χ1) is 15.5. The lowest BCUT2D eigenvalue weighted by Gasteiger charge is -2.15. The molecule has 0 atom stereocenters. The average molecular weight is 440 g/mol. The standard InChI is InChI=1S/C26H18ClN3O2/c1-30-21-15-17(27)11-12-18(21)24(16-7-3-2-4-8-16)25(26(30)32)22(31)13-14-23-28-19-9-5-6-10-20(19)29-23/h2-15H,1H3,(H,28,29). The van der Waals surface area contributed by atoms with Crippen molar-refractivity contribution in [3.63, 3.8) is 0 Å². The summed E-state index contributed by atoms with van der Waals surface area (Å²) in [7, 11) is 1.65. The summed E-state index contributed by atoms with van der Waals surface area (Å²) in [6.45, 7) is 0. The summed E-state index contributed by atoms with van der Waals surface area (Å²) >= 11 is 6.19. The molecule has 0 unspecified atom stereocenters. The zero-order valence-electron chi connectivity index (χ0n) is 17.2. The molecule has 0 aliphatic carbocycles. The molecule has 3 aromatic carbocycles. The molecule has 2 aromatic heterocycles. The molecule has 0 aliphatic heterocycles. The third-order valence-electron chi connectivity index (χ3n) is 5.47. The summed E-state index contributed by atoms with van der Waals surface area (Å²) in [4.78, 5) is 34.3. The molecule has 5 rings (SSSR count). The average Bonchev–Trinajstić information content (AvgIpc) is 3.23. The van der Waals surface area contributed by atoms with Crippen molar-refractivity contribution in [2.24, 2.45) is 7.05 Å². The van der Waals surface area contributed by atoms with Crippen molar-refractivity contribution in [2.45, 2.75) is 0 Å². The van der Waals surface area contributed by atoms with E-state index in [1.54, 1.807) is 25.3 Å². The van der Waals surface area contributed by atoms with Crippen LogP contribution in [0.15, 0.2) is 83.7 Å². The smallest absolute Gasteiger partial charge is 0.262 e. The van der Waals surface area contributed by atoms with Crippen LogP contribution in [-0.4, -0.2) is 20.3 Å². The number of para-hydroxylation sites is 2. The highest BCUT2D eigenvalue weighted by atomic mass is 35.5. The van der Waals surface area contributed by atoms with Gasteiger partial charge in [0.1, 0.15) is 5.82 Å². The second-order valence-corrected chi connectivity index (χ2v) is 7.91. The van der Waals surface area contributed by atoms with Gasteiger partial charge in [0.05, 0.1) is 22.1 Å². The van der Waals surface area contributed by atoms with Crippen LogP contribution >= 0.6 is 11.6 Å². The molecule has 0 amide bonds. The van der Waals surface area contributed by atoms with Crippen molar-refractivity contribution in [1.29, 1.82) is 0 Å². The van der Waals surface area contributed by atoms with Crippen LogP contribution in [0.4, 0.5) is 0 Å². The van der Waals surface area contributed by atoms with E-state index in [-0.39, 0.29) is 16.9 Å². The molecule has 2 heterocycles. The zero-order valence-corrected chi connectivity index (χ0v) is 17.9. The number of fused-ring (bicyclic) bond motifs is 2. The van der Waals surface area contributed by atoms with Crippen LogP contribution in [0.1, 0.15) is 16.2 Å². The largest absolute Gasteiger partial charge is 0.338 e. The fourth-order valence-corrected chi connectivity index (χ4v) is 4.10. The number of H-pyrrole nitrogens is 1. The van der Waals surface area contributed by atoms with E-state index in [0.29, 0.717) is 21.9 Å². The van der Waals surface area contributed by atoms with E-state index >= 15 is 0 Å². The molecule has 5 aromatic rings. The van der Waals surface area contributed by atoms with Gasteiger partial charge in [-0.3, -0.25) is 9.59 Å². The summed E-state index contributed by atoms with van der Waals surface area (Å²) in [6.07, 6.45) is 2.99. The monoisotopic (exact) mass is 439 g/mol. The zero-order chi connectivity index (χ0) is 22.2. The van der Waals surface area contributed by atoms with Gasteiger partial charge in [0.2, 0.25) is 0 Å². The van der Waals surface area contributed by atoms with Crippen molar-refractivity contribution < 1.29 is 4.79 Å². The molecule has 5 nitrogen and oxygen atoms in total. The Morgan fingerprint density at radius 3 is 2.56 bits per heavy atom. The molecule has 0 spiro atoms. The fourth-order valence-electron chi connectivity index (χ4n) is 3.94. The first-order valence-electron chi connectivity index (χ1n) is 10.1. The van der Waals surface area contributed by atoms with Gasteiger partial charge in [-0.1, -0.05) is 60.1 Å². The quantitative estimate of drug-likeness (QED) is 0.291. The van der Waals surface area contributed by atoms with Gasteiger partial charge >= 0.3 is 0 Å². The van der Waals surface area contributed by atoms with Crippen molar-refractivity contribution in [2.75, 3.05) is 0 Å². The maximum absolute atomic E-state index is 13.3. The van der Waals surface area contributed by atoms with Crippen LogP contribution in [0, 0.1) is 0 Å². The molecule has 0 aliphatic rings. The highest BCUT2D eigenvalue weighted by Gasteiger charge is 2.21. The van der Waals surface area contributed by atoms with E-state index < -0.39 is 0 Å². The number of rotatable bonds is 4. The van der Waals surface area contributed by atoms with Gasteiger partial charge in [-0.15, -0.1) is 0 Å². The van der Waals surface area contributed by atoms with Gasteiger partial charge in [-0.2, -0.15) is 0 Å². The summed E-state index contributed by atoms with van der Waals surface area (Å²) < 4.78 is 1.47. The predicted molar refractivity (Wildman–Crippen MR) is 129 cm³/mol. The summed E-state index contributed by atoms with van der Waals surface area (Å²) in [5.74, 6) is 0.159. The van der Waals surface area contributed by atoms with Crippen LogP contribution in [0.2, 0.25) is 5.02 Å². The molecule has 0 saturated carbocycles. The number of carbonyl (C=O) groups is 1. The Morgan fingerprint density at radius 2 is 1.78 bits per heavy atom.